The number of aryl methyl sites for hydroxylation is 1. The van der Waals surface area contributed by atoms with Gasteiger partial charge in [-0.2, -0.15) is 0 Å². The van der Waals surface area contributed by atoms with E-state index in [4.69, 9.17) is 14.4 Å². The summed E-state index contributed by atoms with van der Waals surface area (Å²) in [5.41, 5.74) is 2.55. The zero-order chi connectivity index (χ0) is 17.5. The SMILES string of the molecule is CC1(C)OB(c2ccc3c(c2)CCCC[C@H]3NC(=O)O)OC1(C)C. The molecule has 1 aliphatic carbocycles. The van der Waals surface area contributed by atoms with Gasteiger partial charge in [-0.25, -0.2) is 4.79 Å². The summed E-state index contributed by atoms with van der Waals surface area (Å²) < 4.78 is 12.3. The van der Waals surface area contributed by atoms with Crippen molar-refractivity contribution in [1.82, 2.24) is 5.32 Å². The van der Waals surface area contributed by atoms with Gasteiger partial charge in [-0.15, -0.1) is 0 Å². The van der Waals surface area contributed by atoms with Gasteiger partial charge in [0.1, 0.15) is 0 Å². The molecule has 1 fully saturated rings. The van der Waals surface area contributed by atoms with Crippen molar-refractivity contribution in [3.8, 4) is 0 Å². The third-order valence-electron chi connectivity index (χ3n) is 5.55. The van der Waals surface area contributed by atoms with E-state index in [0.29, 0.717) is 0 Å². The Labute approximate surface area is 143 Å². The number of rotatable bonds is 2. The molecule has 1 aromatic carbocycles. The molecule has 0 spiro atoms. The molecule has 5 nitrogen and oxygen atoms in total. The third-order valence-corrected chi connectivity index (χ3v) is 5.55. The van der Waals surface area contributed by atoms with E-state index >= 15 is 0 Å². The quantitative estimate of drug-likeness (QED) is 0.646. The van der Waals surface area contributed by atoms with Gasteiger partial charge in [0, 0.05) is 0 Å². The number of carbonyl (C=O) groups is 1. The molecule has 130 valence electrons. The molecule has 1 aromatic rings. The average molecular weight is 331 g/mol. The van der Waals surface area contributed by atoms with Crippen molar-refractivity contribution in [2.45, 2.75) is 70.6 Å². The molecule has 2 N–H and O–H groups in total. The number of nitrogens with one attached hydrogen (secondary N) is 1. The lowest BCUT2D eigenvalue weighted by Crippen LogP contribution is -2.41. The molecule has 3 rings (SSSR count). The number of amides is 1. The van der Waals surface area contributed by atoms with Crippen LogP contribution in [-0.4, -0.2) is 29.5 Å². The molecule has 0 radical (unpaired) electrons. The predicted molar refractivity (Wildman–Crippen MR) is 93.6 cm³/mol. The van der Waals surface area contributed by atoms with E-state index in [2.05, 4.69) is 11.4 Å². The molecule has 2 aliphatic rings. The Morgan fingerprint density at radius 1 is 1.21 bits per heavy atom. The van der Waals surface area contributed by atoms with Gasteiger partial charge in [-0.05, 0) is 63.5 Å². The van der Waals surface area contributed by atoms with Crippen molar-refractivity contribution in [3.05, 3.63) is 29.3 Å². The van der Waals surface area contributed by atoms with E-state index in [1.165, 1.54) is 5.56 Å². The average Bonchev–Trinajstić information content (AvgIpc) is 2.62. The lowest BCUT2D eigenvalue weighted by molar-refractivity contribution is 0.00578. The lowest BCUT2D eigenvalue weighted by Gasteiger charge is -2.32. The summed E-state index contributed by atoms with van der Waals surface area (Å²) in [6.07, 6.45) is 2.92. The largest absolute Gasteiger partial charge is 0.494 e. The molecule has 1 aliphatic heterocycles. The van der Waals surface area contributed by atoms with Crippen LogP contribution in [0.3, 0.4) is 0 Å². The van der Waals surface area contributed by atoms with Crippen LogP contribution in [-0.2, 0) is 15.7 Å². The molecule has 0 bridgehead atoms. The van der Waals surface area contributed by atoms with E-state index < -0.39 is 6.09 Å². The van der Waals surface area contributed by atoms with Gasteiger partial charge >= 0.3 is 13.2 Å². The number of hydrogen-bond donors (Lipinski definition) is 2. The highest BCUT2D eigenvalue weighted by atomic mass is 16.7. The molecule has 1 saturated heterocycles. The Balaban J connectivity index is 1.89. The minimum Gasteiger partial charge on any atom is -0.465 e. The van der Waals surface area contributed by atoms with E-state index in [1.807, 2.05) is 39.8 Å². The van der Waals surface area contributed by atoms with Crippen molar-refractivity contribution in [2.75, 3.05) is 0 Å². The summed E-state index contributed by atoms with van der Waals surface area (Å²) in [6, 6.07) is 6.02. The second kappa shape index (κ2) is 6.08. The molecule has 1 amide bonds. The summed E-state index contributed by atoms with van der Waals surface area (Å²) in [4.78, 5) is 11.1. The van der Waals surface area contributed by atoms with Crippen LogP contribution in [0.2, 0.25) is 0 Å². The van der Waals surface area contributed by atoms with Crippen LogP contribution < -0.4 is 10.8 Å². The van der Waals surface area contributed by atoms with Gasteiger partial charge in [-0.1, -0.05) is 24.6 Å². The first-order valence-corrected chi connectivity index (χ1v) is 8.67. The van der Waals surface area contributed by atoms with Crippen LogP contribution in [0.4, 0.5) is 4.79 Å². The standard InChI is InChI=1S/C18H26BNO4/c1-17(2)18(3,4)24-19(23-17)13-9-10-14-12(11-13)7-5-6-8-15(14)20-16(21)22/h9-11,15,20H,5-8H2,1-4H3,(H,21,22)/t15-/m1/s1. The smallest absolute Gasteiger partial charge is 0.465 e. The second-order valence-electron chi connectivity index (χ2n) is 7.79. The molecule has 0 unspecified atom stereocenters. The summed E-state index contributed by atoms with van der Waals surface area (Å²) in [5, 5.41) is 11.7. The molecule has 24 heavy (non-hydrogen) atoms. The Kier molecular flexibility index (Phi) is 4.38. The maximum absolute atomic E-state index is 11.1. The lowest BCUT2D eigenvalue weighted by atomic mass is 9.77. The summed E-state index contributed by atoms with van der Waals surface area (Å²) in [7, 11) is -0.380. The maximum Gasteiger partial charge on any atom is 0.494 e. The summed E-state index contributed by atoms with van der Waals surface area (Å²) in [5.74, 6) is 0. The van der Waals surface area contributed by atoms with Crippen molar-refractivity contribution < 1.29 is 19.2 Å². The van der Waals surface area contributed by atoms with Crippen LogP contribution in [0, 0.1) is 0 Å². The van der Waals surface area contributed by atoms with Gasteiger partial charge in [0.15, 0.2) is 0 Å². The van der Waals surface area contributed by atoms with Crippen molar-refractivity contribution in [3.63, 3.8) is 0 Å². The Morgan fingerprint density at radius 2 is 1.88 bits per heavy atom. The molecular weight excluding hydrogens is 305 g/mol. The van der Waals surface area contributed by atoms with E-state index in [9.17, 15) is 4.79 Å². The van der Waals surface area contributed by atoms with Gasteiger partial charge in [0.25, 0.3) is 0 Å². The zero-order valence-corrected chi connectivity index (χ0v) is 14.9. The maximum atomic E-state index is 11.1. The molecule has 1 atom stereocenters. The van der Waals surface area contributed by atoms with E-state index in [-0.39, 0.29) is 24.4 Å². The number of benzene rings is 1. The van der Waals surface area contributed by atoms with E-state index in [0.717, 1.165) is 36.7 Å². The van der Waals surface area contributed by atoms with Crippen LogP contribution in [0.1, 0.15) is 64.1 Å². The van der Waals surface area contributed by atoms with Crippen LogP contribution in [0.25, 0.3) is 0 Å². The monoisotopic (exact) mass is 331 g/mol. The Bertz CT molecular complexity index is 628. The minimum atomic E-state index is -0.970. The van der Waals surface area contributed by atoms with Crippen molar-refractivity contribution >= 4 is 18.7 Å². The summed E-state index contributed by atoms with van der Waals surface area (Å²) in [6.45, 7) is 8.18. The predicted octanol–water partition coefficient (Wildman–Crippen LogP) is 3.02. The second-order valence-corrected chi connectivity index (χ2v) is 7.79. The highest BCUT2D eigenvalue weighted by Gasteiger charge is 2.51. The van der Waals surface area contributed by atoms with Gasteiger partial charge in [0.2, 0.25) is 0 Å². The van der Waals surface area contributed by atoms with Crippen molar-refractivity contribution in [2.24, 2.45) is 0 Å². The highest BCUT2D eigenvalue weighted by Crippen LogP contribution is 2.37. The third kappa shape index (κ3) is 3.17. The topological polar surface area (TPSA) is 67.8 Å². The molecular formula is C18H26BNO4. The van der Waals surface area contributed by atoms with Gasteiger partial charge < -0.3 is 19.7 Å². The highest BCUT2D eigenvalue weighted by molar-refractivity contribution is 6.62. The Hall–Kier alpha value is -1.53. The fourth-order valence-electron chi connectivity index (χ4n) is 3.43. The van der Waals surface area contributed by atoms with Gasteiger partial charge in [0.05, 0.1) is 17.2 Å². The van der Waals surface area contributed by atoms with Crippen LogP contribution >= 0.6 is 0 Å². The minimum absolute atomic E-state index is 0.132. The first-order chi connectivity index (χ1) is 11.2. The van der Waals surface area contributed by atoms with Crippen LogP contribution in [0.5, 0.6) is 0 Å². The Morgan fingerprint density at radius 3 is 2.50 bits per heavy atom. The first kappa shape index (κ1) is 17.3. The van der Waals surface area contributed by atoms with Crippen LogP contribution in [0.15, 0.2) is 18.2 Å². The molecule has 1 heterocycles. The zero-order valence-electron chi connectivity index (χ0n) is 14.9. The fourth-order valence-corrected chi connectivity index (χ4v) is 3.43. The van der Waals surface area contributed by atoms with E-state index in [1.54, 1.807) is 0 Å². The normalized spacial score (nSPS) is 25.0. The number of carboxylic acid groups (broad SMARTS) is 1. The molecule has 6 heteroatoms. The number of hydrogen-bond acceptors (Lipinski definition) is 3. The molecule has 0 aromatic heterocycles. The number of fused-ring (bicyclic) bond motifs is 1. The van der Waals surface area contributed by atoms with Crippen molar-refractivity contribution in [1.29, 1.82) is 0 Å². The first-order valence-electron chi connectivity index (χ1n) is 8.67. The fraction of sp³-hybridized carbons (Fsp3) is 0.611. The summed E-state index contributed by atoms with van der Waals surface area (Å²) >= 11 is 0. The molecule has 0 saturated carbocycles. The van der Waals surface area contributed by atoms with Gasteiger partial charge in [-0.3, -0.25) is 0 Å².